The zero-order chi connectivity index (χ0) is 25.9. The lowest BCUT2D eigenvalue weighted by molar-refractivity contribution is -0.113. The molecule has 0 aliphatic carbocycles. The second-order valence-corrected chi connectivity index (χ2v) is 8.25. The second kappa shape index (κ2) is 10.0. The first-order valence-corrected chi connectivity index (χ1v) is 11.6. The van der Waals surface area contributed by atoms with Gasteiger partial charge < -0.3 is 24.8 Å². The zero-order valence-corrected chi connectivity index (χ0v) is 20.9. The zero-order valence-electron chi connectivity index (χ0n) is 20.9. The number of fused-ring (bicyclic) bond motifs is 1. The molecular weight excluding hydrogens is 472 g/mol. The summed E-state index contributed by atoms with van der Waals surface area (Å²) in [6.07, 6.45) is 3.38. The largest absolute Gasteiger partial charge is 0.495 e. The van der Waals surface area contributed by atoms with Crippen LogP contribution in [-0.4, -0.2) is 47.0 Å². The molecule has 0 radical (unpaired) electrons. The molecule has 5 rings (SSSR count). The third-order valence-corrected chi connectivity index (χ3v) is 6.10. The van der Waals surface area contributed by atoms with E-state index in [1.807, 2.05) is 43.3 Å². The molecule has 0 saturated carbocycles. The van der Waals surface area contributed by atoms with Crippen LogP contribution in [0.1, 0.15) is 18.5 Å². The highest BCUT2D eigenvalue weighted by molar-refractivity contribution is 6.06. The van der Waals surface area contributed by atoms with Gasteiger partial charge in [-0.2, -0.15) is 4.98 Å². The molecule has 4 aromatic rings. The van der Waals surface area contributed by atoms with Gasteiger partial charge in [0.25, 0.3) is 5.91 Å². The van der Waals surface area contributed by atoms with Crippen LogP contribution in [0.25, 0.3) is 11.4 Å². The average molecular weight is 499 g/mol. The van der Waals surface area contributed by atoms with Gasteiger partial charge in [-0.05, 0) is 37.3 Å². The highest BCUT2D eigenvalue weighted by Crippen LogP contribution is 2.43. The molecule has 10 nitrogen and oxygen atoms in total. The van der Waals surface area contributed by atoms with E-state index >= 15 is 0 Å². The van der Waals surface area contributed by atoms with Crippen molar-refractivity contribution in [1.82, 2.24) is 19.7 Å². The number of benzene rings is 2. The molecule has 1 aliphatic rings. The number of pyridine rings is 1. The first kappa shape index (κ1) is 23.9. The van der Waals surface area contributed by atoms with Crippen LogP contribution in [0.5, 0.6) is 17.2 Å². The normalized spacial score (nSPS) is 14.4. The third-order valence-electron chi connectivity index (χ3n) is 6.10. The summed E-state index contributed by atoms with van der Waals surface area (Å²) in [7, 11) is 4.70. The van der Waals surface area contributed by atoms with Crippen LogP contribution in [-0.2, 0) is 4.79 Å². The maximum absolute atomic E-state index is 13.9. The van der Waals surface area contributed by atoms with Crippen LogP contribution in [0, 0.1) is 0 Å². The molecule has 188 valence electrons. The Morgan fingerprint density at radius 2 is 1.76 bits per heavy atom. The van der Waals surface area contributed by atoms with Crippen molar-refractivity contribution in [2.24, 2.45) is 0 Å². The average Bonchev–Trinajstić information content (AvgIpc) is 3.36. The van der Waals surface area contributed by atoms with Crippen LogP contribution in [0.3, 0.4) is 0 Å². The Balaban J connectivity index is 1.67. The van der Waals surface area contributed by atoms with Gasteiger partial charge in [0, 0.05) is 29.2 Å². The molecule has 37 heavy (non-hydrogen) atoms. The lowest BCUT2D eigenvalue weighted by atomic mass is 9.94. The van der Waals surface area contributed by atoms with Crippen molar-refractivity contribution >= 4 is 17.5 Å². The van der Waals surface area contributed by atoms with E-state index in [9.17, 15) is 4.79 Å². The number of carbonyl (C=O) groups is 1. The number of rotatable bonds is 7. The summed E-state index contributed by atoms with van der Waals surface area (Å²) in [5.41, 5.74) is 3.05. The molecule has 3 heterocycles. The van der Waals surface area contributed by atoms with Crippen LogP contribution in [0.4, 0.5) is 11.6 Å². The number of methoxy groups -OCH3 is 3. The summed E-state index contributed by atoms with van der Waals surface area (Å²) in [6.45, 7) is 1.83. The number of nitrogens with one attached hydrogen (secondary N) is 2. The molecule has 2 N–H and O–H groups in total. The van der Waals surface area contributed by atoms with Crippen LogP contribution < -0.4 is 24.8 Å². The SMILES string of the molecule is COc1ccccc1NC(=O)C1=C(C)Nc2nc(-c3cccnc3)nn2[C@H]1c1cccc(OC)c1OC. The number of ether oxygens (including phenoxy) is 3. The topological polar surface area (TPSA) is 112 Å². The van der Waals surface area contributed by atoms with E-state index in [0.29, 0.717) is 51.5 Å². The summed E-state index contributed by atoms with van der Waals surface area (Å²) in [5, 5.41) is 11.0. The fourth-order valence-corrected chi connectivity index (χ4v) is 4.41. The molecule has 1 atom stereocenters. The standard InChI is InChI=1S/C27H26N6O4/c1-16-22(26(34)30-19-11-5-6-12-20(19)35-2)23(18-10-7-13-21(36-3)24(18)37-4)33-27(29-16)31-25(32-33)17-9-8-14-28-15-17/h5-15,23H,1-4H3,(H,30,34)(H,29,31,32)/t23-/m0/s1. The first-order chi connectivity index (χ1) is 18.0. The van der Waals surface area contributed by atoms with Gasteiger partial charge in [0.05, 0.1) is 32.6 Å². The molecule has 0 fully saturated rings. The number of para-hydroxylation sites is 3. The number of amides is 1. The Morgan fingerprint density at radius 1 is 0.973 bits per heavy atom. The van der Waals surface area contributed by atoms with E-state index in [2.05, 4.69) is 15.6 Å². The Kier molecular flexibility index (Phi) is 6.46. The molecule has 0 saturated heterocycles. The minimum absolute atomic E-state index is 0.326. The van der Waals surface area contributed by atoms with Crippen molar-refractivity contribution < 1.29 is 19.0 Å². The smallest absolute Gasteiger partial charge is 0.255 e. The van der Waals surface area contributed by atoms with Gasteiger partial charge in [-0.15, -0.1) is 5.10 Å². The van der Waals surface area contributed by atoms with Crippen LogP contribution >= 0.6 is 0 Å². The lowest BCUT2D eigenvalue weighted by Gasteiger charge is -2.30. The number of anilines is 2. The molecule has 2 aromatic carbocycles. The second-order valence-electron chi connectivity index (χ2n) is 8.25. The van der Waals surface area contributed by atoms with Gasteiger partial charge in [0.15, 0.2) is 17.3 Å². The van der Waals surface area contributed by atoms with Gasteiger partial charge >= 0.3 is 0 Å². The van der Waals surface area contributed by atoms with Crippen molar-refractivity contribution in [1.29, 1.82) is 0 Å². The fourth-order valence-electron chi connectivity index (χ4n) is 4.41. The predicted octanol–water partition coefficient (Wildman–Crippen LogP) is 4.29. The lowest BCUT2D eigenvalue weighted by Crippen LogP contribution is -2.32. The summed E-state index contributed by atoms with van der Waals surface area (Å²) in [6, 6.07) is 15.8. The van der Waals surface area contributed by atoms with Crippen molar-refractivity contribution in [2.75, 3.05) is 32.0 Å². The molecule has 10 heteroatoms. The third kappa shape index (κ3) is 4.33. The van der Waals surface area contributed by atoms with E-state index in [1.54, 1.807) is 56.6 Å². The van der Waals surface area contributed by atoms with Gasteiger partial charge in [-0.1, -0.05) is 24.3 Å². The van der Waals surface area contributed by atoms with Crippen LogP contribution in [0.2, 0.25) is 0 Å². The Labute approximate surface area is 213 Å². The maximum atomic E-state index is 13.9. The van der Waals surface area contributed by atoms with Gasteiger partial charge in [0.2, 0.25) is 5.95 Å². The Hall–Kier alpha value is -4.86. The van der Waals surface area contributed by atoms with E-state index in [0.717, 1.165) is 5.56 Å². The number of allylic oxidation sites excluding steroid dienone is 1. The minimum Gasteiger partial charge on any atom is -0.495 e. The van der Waals surface area contributed by atoms with Gasteiger partial charge in [-0.25, -0.2) is 4.68 Å². The van der Waals surface area contributed by atoms with Crippen molar-refractivity contribution in [3.8, 4) is 28.6 Å². The molecule has 1 amide bonds. The van der Waals surface area contributed by atoms with E-state index < -0.39 is 6.04 Å². The van der Waals surface area contributed by atoms with Crippen molar-refractivity contribution in [3.63, 3.8) is 0 Å². The van der Waals surface area contributed by atoms with Crippen molar-refractivity contribution in [2.45, 2.75) is 13.0 Å². The monoisotopic (exact) mass is 498 g/mol. The number of carbonyl (C=O) groups excluding carboxylic acids is 1. The molecule has 0 unspecified atom stereocenters. The summed E-state index contributed by atoms with van der Waals surface area (Å²) in [5.74, 6) is 2.22. The molecule has 0 spiro atoms. The Bertz CT molecular complexity index is 1480. The summed E-state index contributed by atoms with van der Waals surface area (Å²) >= 11 is 0. The minimum atomic E-state index is -0.672. The predicted molar refractivity (Wildman–Crippen MR) is 139 cm³/mol. The van der Waals surface area contributed by atoms with E-state index in [-0.39, 0.29) is 5.91 Å². The highest BCUT2D eigenvalue weighted by Gasteiger charge is 2.37. The van der Waals surface area contributed by atoms with Crippen molar-refractivity contribution in [3.05, 3.63) is 83.8 Å². The van der Waals surface area contributed by atoms with E-state index in [4.69, 9.17) is 24.3 Å². The first-order valence-electron chi connectivity index (χ1n) is 11.6. The molecule has 1 aliphatic heterocycles. The highest BCUT2D eigenvalue weighted by atomic mass is 16.5. The van der Waals surface area contributed by atoms with Gasteiger partial charge in [0.1, 0.15) is 11.8 Å². The number of aromatic nitrogens is 4. The summed E-state index contributed by atoms with van der Waals surface area (Å²) in [4.78, 5) is 22.7. The molecular formula is C27H26N6O4. The van der Waals surface area contributed by atoms with Gasteiger partial charge in [-0.3, -0.25) is 9.78 Å². The fraction of sp³-hybridized carbons (Fsp3) is 0.185. The van der Waals surface area contributed by atoms with Crippen LogP contribution in [0.15, 0.2) is 78.3 Å². The molecule has 0 bridgehead atoms. The maximum Gasteiger partial charge on any atom is 0.255 e. The van der Waals surface area contributed by atoms with E-state index in [1.165, 1.54) is 0 Å². The quantitative estimate of drug-likeness (QED) is 0.388. The summed E-state index contributed by atoms with van der Waals surface area (Å²) < 4.78 is 18.4. The number of hydrogen-bond donors (Lipinski definition) is 2. The number of hydrogen-bond acceptors (Lipinski definition) is 8. The molecule has 2 aromatic heterocycles. The number of nitrogens with zero attached hydrogens (tertiary/aromatic N) is 4. The Morgan fingerprint density at radius 3 is 2.49 bits per heavy atom.